The second-order valence-electron chi connectivity index (χ2n) is 5.07. The van der Waals surface area contributed by atoms with Crippen molar-refractivity contribution in [2.75, 3.05) is 14.2 Å². The molecule has 0 fully saturated rings. The van der Waals surface area contributed by atoms with Gasteiger partial charge in [-0.3, -0.25) is 0 Å². The van der Waals surface area contributed by atoms with Crippen molar-refractivity contribution in [1.29, 1.82) is 0 Å². The van der Waals surface area contributed by atoms with Crippen LogP contribution >= 0.6 is 38.5 Å². The number of hydrogen-bond acceptors (Lipinski definition) is 2. The fourth-order valence-corrected chi connectivity index (χ4v) is 3.58. The van der Waals surface area contributed by atoms with E-state index in [0.717, 1.165) is 15.8 Å². The highest BCUT2D eigenvalue weighted by atomic mass is 127. The lowest BCUT2D eigenvalue weighted by molar-refractivity contribution is 0.411. The molecule has 1 atom stereocenters. The topological polar surface area (TPSA) is 21.3 Å². The molecule has 0 saturated carbocycles. The number of rotatable bonds is 4. The Morgan fingerprint density at radius 1 is 1.10 bits per heavy atom. The van der Waals surface area contributed by atoms with Gasteiger partial charge >= 0.3 is 0 Å². The van der Waals surface area contributed by atoms with Crippen molar-refractivity contribution in [2.45, 2.75) is 19.9 Å². The maximum absolute atomic E-state index is 5.41. The summed E-state index contributed by atoms with van der Waals surface area (Å²) in [6, 6.07) is 10.9. The van der Waals surface area contributed by atoms with Crippen LogP contribution < -0.4 is 10.1 Å². The summed E-state index contributed by atoms with van der Waals surface area (Å²) in [5.74, 6) is 0.940. The zero-order valence-corrected chi connectivity index (χ0v) is 16.4. The molecule has 2 nitrogen and oxygen atoms in total. The number of nitrogens with one attached hydrogen (secondary N) is 1. The van der Waals surface area contributed by atoms with Gasteiger partial charge in [0.1, 0.15) is 5.75 Å². The number of halogens is 2. The monoisotopic (exact) mass is 459 g/mol. The molecule has 0 amide bonds. The maximum Gasteiger partial charge on any atom is 0.122 e. The predicted octanol–water partition coefficient (Wildman–Crippen LogP) is 4.99. The van der Waals surface area contributed by atoms with Crippen molar-refractivity contribution in [1.82, 2.24) is 5.32 Å². The number of ether oxygens (including phenoxy) is 1. The van der Waals surface area contributed by atoms with Crippen molar-refractivity contribution >= 4 is 38.5 Å². The van der Waals surface area contributed by atoms with Crippen LogP contribution in [0.5, 0.6) is 5.75 Å². The van der Waals surface area contributed by atoms with Crippen LogP contribution in [0.15, 0.2) is 34.8 Å². The van der Waals surface area contributed by atoms with Gasteiger partial charge < -0.3 is 10.1 Å². The Kier molecular flexibility index (Phi) is 5.68. The molecule has 4 heteroatoms. The Morgan fingerprint density at radius 2 is 1.81 bits per heavy atom. The number of hydrogen-bond donors (Lipinski definition) is 1. The normalized spacial score (nSPS) is 12.3. The molecule has 0 spiro atoms. The van der Waals surface area contributed by atoms with Crippen LogP contribution in [0.4, 0.5) is 0 Å². The van der Waals surface area contributed by atoms with Gasteiger partial charge in [0.25, 0.3) is 0 Å². The molecule has 0 aromatic heterocycles. The van der Waals surface area contributed by atoms with Gasteiger partial charge in [-0.2, -0.15) is 0 Å². The molecule has 112 valence electrons. The first-order valence-corrected chi connectivity index (χ1v) is 8.62. The quantitative estimate of drug-likeness (QED) is 0.650. The van der Waals surface area contributed by atoms with E-state index < -0.39 is 0 Å². The Bertz CT molecular complexity index is 657. The molecule has 21 heavy (non-hydrogen) atoms. The molecule has 0 aliphatic rings. The second kappa shape index (κ2) is 7.11. The number of aryl methyl sites for hydroxylation is 2. The van der Waals surface area contributed by atoms with Crippen molar-refractivity contribution in [3.63, 3.8) is 0 Å². The highest BCUT2D eigenvalue weighted by molar-refractivity contribution is 14.1. The molecule has 0 aliphatic carbocycles. The number of methoxy groups -OCH3 is 1. The lowest BCUT2D eigenvalue weighted by Crippen LogP contribution is -2.20. The average molecular weight is 460 g/mol. The van der Waals surface area contributed by atoms with Crippen LogP contribution in [0, 0.1) is 17.4 Å². The minimum Gasteiger partial charge on any atom is -0.496 e. The Hall–Kier alpha value is -0.590. The van der Waals surface area contributed by atoms with Gasteiger partial charge in [0, 0.05) is 8.04 Å². The SMILES string of the molecule is CNC(c1cc(C)c(OC)cc1C)c1cc(Br)ccc1I. The van der Waals surface area contributed by atoms with E-state index in [-0.39, 0.29) is 6.04 Å². The lowest BCUT2D eigenvalue weighted by atomic mass is 9.93. The molecule has 1 N–H and O–H groups in total. The largest absolute Gasteiger partial charge is 0.496 e. The minimum atomic E-state index is 0.166. The second-order valence-corrected chi connectivity index (χ2v) is 7.14. The first kappa shape index (κ1) is 16.8. The van der Waals surface area contributed by atoms with E-state index in [9.17, 15) is 0 Å². The van der Waals surface area contributed by atoms with E-state index >= 15 is 0 Å². The summed E-state index contributed by atoms with van der Waals surface area (Å²) in [7, 11) is 3.72. The predicted molar refractivity (Wildman–Crippen MR) is 100 cm³/mol. The molecule has 1 unspecified atom stereocenters. The summed E-state index contributed by atoms with van der Waals surface area (Å²) in [5, 5.41) is 3.44. The van der Waals surface area contributed by atoms with Gasteiger partial charge in [0.05, 0.1) is 13.2 Å². The Labute approximate surface area is 148 Å². The first-order chi connectivity index (χ1) is 9.97. The fraction of sp³-hybridized carbons (Fsp3) is 0.294. The summed E-state index contributed by atoms with van der Waals surface area (Å²) in [5.41, 5.74) is 4.95. The van der Waals surface area contributed by atoms with Crippen LogP contribution in [0.25, 0.3) is 0 Å². The molecular weight excluding hydrogens is 441 g/mol. The standard InChI is InChI=1S/C17H19BrINO/c1-10-8-16(21-4)11(2)7-13(10)17(20-3)14-9-12(18)5-6-15(14)19/h5-9,17,20H,1-4H3. The van der Waals surface area contributed by atoms with E-state index in [4.69, 9.17) is 4.74 Å². The minimum absolute atomic E-state index is 0.166. The maximum atomic E-state index is 5.41. The molecule has 0 aliphatic heterocycles. The lowest BCUT2D eigenvalue weighted by Gasteiger charge is -2.22. The zero-order chi connectivity index (χ0) is 15.6. The van der Waals surface area contributed by atoms with E-state index in [1.54, 1.807) is 7.11 Å². The third kappa shape index (κ3) is 3.60. The van der Waals surface area contributed by atoms with E-state index in [0.29, 0.717) is 0 Å². The van der Waals surface area contributed by atoms with Crippen LogP contribution in [0.3, 0.4) is 0 Å². The Balaban J connectivity index is 2.56. The average Bonchev–Trinajstić information content (AvgIpc) is 2.46. The third-order valence-electron chi connectivity index (χ3n) is 3.65. The van der Waals surface area contributed by atoms with Crippen molar-refractivity contribution < 1.29 is 4.74 Å². The molecular formula is C17H19BrINO. The van der Waals surface area contributed by atoms with Gasteiger partial charge in [-0.05, 0) is 90.0 Å². The van der Waals surface area contributed by atoms with E-state index in [1.807, 2.05) is 7.05 Å². The summed E-state index contributed by atoms with van der Waals surface area (Å²) in [6.07, 6.45) is 0. The summed E-state index contributed by atoms with van der Waals surface area (Å²) in [4.78, 5) is 0. The summed E-state index contributed by atoms with van der Waals surface area (Å²) in [6.45, 7) is 4.22. The molecule has 2 rings (SSSR count). The van der Waals surface area contributed by atoms with Crippen molar-refractivity contribution in [3.8, 4) is 5.75 Å². The molecule has 0 bridgehead atoms. The van der Waals surface area contributed by atoms with Crippen LogP contribution in [-0.2, 0) is 0 Å². The molecule has 2 aromatic rings. The van der Waals surface area contributed by atoms with E-state index in [1.165, 1.54) is 20.3 Å². The third-order valence-corrected chi connectivity index (χ3v) is 5.13. The summed E-state index contributed by atoms with van der Waals surface area (Å²) < 4.78 is 7.76. The number of benzene rings is 2. The van der Waals surface area contributed by atoms with Gasteiger partial charge in [-0.15, -0.1) is 0 Å². The molecule has 2 aromatic carbocycles. The van der Waals surface area contributed by atoms with Crippen LogP contribution in [0.1, 0.15) is 28.3 Å². The smallest absolute Gasteiger partial charge is 0.122 e. The summed E-state index contributed by atoms with van der Waals surface area (Å²) >= 11 is 5.96. The molecule has 0 saturated heterocycles. The highest BCUT2D eigenvalue weighted by Gasteiger charge is 2.18. The van der Waals surface area contributed by atoms with Gasteiger partial charge in [-0.25, -0.2) is 0 Å². The molecule has 0 radical (unpaired) electrons. The van der Waals surface area contributed by atoms with Gasteiger partial charge in [0.15, 0.2) is 0 Å². The highest BCUT2D eigenvalue weighted by Crippen LogP contribution is 2.33. The van der Waals surface area contributed by atoms with E-state index in [2.05, 4.69) is 88.0 Å². The fourth-order valence-electron chi connectivity index (χ4n) is 2.56. The van der Waals surface area contributed by atoms with Gasteiger partial charge in [-0.1, -0.05) is 22.0 Å². The van der Waals surface area contributed by atoms with Crippen LogP contribution in [-0.4, -0.2) is 14.2 Å². The van der Waals surface area contributed by atoms with Crippen LogP contribution in [0.2, 0.25) is 0 Å². The van der Waals surface area contributed by atoms with Crippen molar-refractivity contribution in [3.05, 3.63) is 60.6 Å². The first-order valence-electron chi connectivity index (χ1n) is 6.75. The zero-order valence-electron chi connectivity index (χ0n) is 12.6. The Morgan fingerprint density at radius 3 is 2.43 bits per heavy atom. The van der Waals surface area contributed by atoms with Crippen molar-refractivity contribution in [2.24, 2.45) is 0 Å². The van der Waals surface area contributed by atoms with Gasteiger partial charge in [0.2, 0.25) is 0 Å². The molecule has 0 heterocycles.